The van der Waals surface area contributed by atoms with E-state index in [2.05, 4.69) is 5.32 Å². The highest BCUT2D eigenvalue weighted by Crippen LogP contribution is 2.38. The van der Waals surface area contributed by atoms with E-state index in [1.807, 2.05) is 61.5 Å². The molecule has 0 saturated carbocycles. The van der Waals surface area contributed by atoms with E-state index in [4.69, 9.17) is 14.5 Å². The smallest absolute Gasteiger partial charge is 0.341 e. The molecule has 0 bridgehead atoms. The van der Waals surface area contributed by atoms with Crippen molar-refractivity contribution in [2.45, 2.75) is 52.4 Å². The van der Waals surface area contributed by atoms with Crippen molar-refractivity contribution in [1.82, 2.24) is 4.98 Å². The summed E-state index contributed by atoms with van der Waals surface area (Å²) in [6.07, 6.45) is 6.19. The van der Waals surface area contributed by atoms with Crippen molar-refractivity contribution in [3.05, 3.63) is 76.2 Å². The van der Waals surface area contributed by atoms with Gasteiger partial charge in [-0.3, -0.25) is 4.79 Å². The fourth-order valence-electron chi connectivity index (χ4n) is 5.02. The zero-order chi connectivity index (χ0) is 26.5. The van der Waals surface area contributed by atoms with Crippen LogP contribution in [0.15, 0.2) is 54.6 Å². The maximum Gasteiger partial charge on any atom is 0.341 e. The molecular weight excluding hydrogens is 496 g/mol. The lowest BCUT2D eigenvalue weighted by molar-refractivity contribution is 0.0526. The molecule has 2 heterocycles. The molecular formula is C31H32N2O4S. The first-order valence-electron chi connectivity index (χ1n) is 13.3. The highest BCUT2D eigenvalue weighted by Gasteiger charge is 2.27. The maximum atomic E-state index is 13.9. The predicted octanol–water partition coefficient (Wildman–Crippen LogP) is 7.45. The third-order valence-corrected chi connectivity index (χ3v) is 7.99. The molecule has 0 unspecified atom stereocenters. The van der Waals surface area contributed by atoms with Crippen molar-refractivity contribution < 1.29 is 19.1 Å². The van der Waals surface area contributed by atoms with Crippen LogP contribution in [0.1, 0.15) is 70.7 Å². The molecule has 38 heavy (non-hydrogen) atoms. The van der Waals surface area contributed by atoms with E-state index in [9.17, 15) is 9.59 Å². The Balaban J connectivity index is 1.56. The summed E-state index contributed by atoms with van der Waals surface area (Å²) in [5, 5.41) is 4.42. The number of nitrogens with zero attached hydrogens (tertiary/aromatic N) is 1. The van der Waals surface area contributed by atoms with Gasteiger partial charge in [-0.2, -0.15) is 0 Å². The molecule has 1 N–H and O–H groups in total. The fourth-order valence-corrected chi connectivity index (χ4v) is 6.29. The van der Waals surface area contributed by atoms with Crippen molar-refractivity contribution in [1.29, 1.82) is 0 Å². The lowest BCUT2D eigenvalue weighted by Crippen LogP contribution is -2.16. The molecule has 0 spiro atoms. The van der Waals surface area contributed by atoms with Gasteiger partial charge in [-0.05, 0) is 69.4 Å². The van der Waals surface area contributed by atoms with E-state index in [0.717, 1.165) is 59.9 Å². The number of amides is 1. The molecule has 0 saturated heterocycles. The molecule has 7 heteroatoms. The number of anilines is 1. The van der Waals surface area contributed by atoms with Crippen molar-refractivity contribution in [2.75, 3.05) is 18.5 Å². The van der Waals surface area contributed by atoms with Gasteiger partial charge in [0.15, 0.2) is 0 Å². The second-order valence-corrected chi connectivity index (χ2v) is 10.4. The molecule has 1 amide bonds. The van der Waals surface area contributed by atoms with Crippen molar-refractivity contribution in [3.63, 3.8) is 0 Å². The summed E-state index contributed by atoms with van der Waals surface area (Å²) in [6, 6.07) is 17.1. The minimum absolute atomic E-state index is 0.273. The number of ether oxygens (including phenoxy) is 2. The molecule has 2 aromatic heterocycles. The van der Waals surface area contributed by atoms with Gasteiger partial charge in [-0.1, -0.05) is 43.2 Å². The van der Waals surface area contributed by atoms with Crippen molar-refractivity contribution in [3.8, 4) is 17.0 Å². The molecule has 2 aromatic carbocycles. The van der Waals surface area contributed by atoms with Crippen LogP contribution in [-0.2, 0) is 17.6 Å². The predicted molar refractivity (Wildman–Crippen MR) is 152 cm³/mol. The van der Waals surface area contributed by atoms with Crippen LogP contribution in [0, 0.1) is 0 Å². The Bertz CT molecular complexity index is 1480. The second kappa shape index (κ2) is 11.8. The molecule has 1 aliphatic carbocycles. The van der Waals surface area contributed by atoms with Crippen LogP contribution in [-0.4, -0.2) is 30.1 Å². The summed E-state index contributed by atoms with van der Waals surface area (Å²) in [7, 11) is 0. The number of rotatable bonds is 7. The van der Waals surface area contributed by atoms with Crippen LogP contribution in [0.2, 0.25) is 0 Å². The third-order valence-electron chi connectivity index (χ3n) is 6.78. The van der Waals surface area contributed by atoms with E-state index in [1.165, 1.54) is 22.6 Å². The van der Waals surface area contributed by atoms with Gasteiger partial charge in [-0.25, -0.2) is 9.78 Å². The number of benzene rings is 2. The molecule has 1 aliphatic rings. The number of aromatic nitrogens is 1. The largest absolute Gasteiger partial charge is 0.494 e. The number of fused-ring (bicyclic) bond motifs is 2. The zero-order valence-electron chi connectivity index (χ0n) is 21.8. The molecule has 0 aliphatic heterocycles. The van der Waals surface area contributed by atoms with E-state index in [1.54, 1.807) is 6.92 Å². The summed E-state index contributed by atoms with van der Waals surface area (Å²) in [6.45, 7) is 4.60. The molecule has 6 nitrogen and oxygen atoms in total. The van der Waals surface area contributed by atoms with Gasteiger partial charge < -0.3 is 14.8 Å². The fraction of sp³-hybridized carbons (Fsp3) is 0.323. The molecule has 0 radical (unpaired) electrons. The van der Waals surface area contributed by atoms with E-state index >= 15 is 0 Å². The second-order valence-electron chi connectivity index (χ2n) is 9.33. The average molecular weight is 529 g/mol. The van der Waals surface area contributed by atoms with Crippen molar-refractivity contribution in [2.24, 2.45) is 0 Å². The number of pyridine rings is 1. The van der Waals surface area contributed by atoms with Gasteiger partial charge in [0.2, 0.25) is 0 Å². The van der Waals surface area contributed by atoms with Crippen LogP contribution >= 0.6 is 11.3 Å². The number of carbonyl (C=O) groups excluding carboxylic acids is 2. The van der Waals surface area contributed by atoms with Crippen LogP contribution in [0.25, 0.3) is 22.2 Å². The minimum Gasteiger partial charge on any atom is -0.494 e. The molecule has 4 aromatic rings. The standard InChI is InChI=1S/C31H32N2O4S/c1-3-36-21-13-11-12-20(18-21)26-19-24(22-14-9-10-16-25(22)32-26)29(34)33-30-28(31(35)37-4-2)23-15-7-5-6-8-17-27(23)38-30/h9-14,16,18-19H,3-8,15,17H2,1-2H3,(H,33,34). The third kappa shape index (κ3) is 5.43. The van der Waals surface area contributed by atoms with E-state index in [-0.39, 0.29) is 18.5 Å². The SMILES string of the molecule is CCOC(=O)c1c(NC(=O)c2cc(-c3cccc(OCC)c3)nc3ccccc23)sc2c1CCCCCC2. The van der Waals surface area contributed by atoms with E-state index in [0.29, 0.717) is 28.4 Å². The lowest BCUT2D eigenvalue weighted by Gasteiger charge is -2.13. The summed E-state index contributed by atoms with van der Waals surface area (Å²) in [5.74, 6) is 0.112. The zero-order valence-corrected chi connectivity index (χ0v) is 22.7. The Labute approximate surface area is 227 Å². The first-order valence-corrected chi connectivity index (χ1v) is 14.2. The Kier molecular flexibility index (Phi) is 8.03. The molecule has 0 fully saturated rings. The summed E-state index contributed by atoms with van der Waals surface area (Å²) in [5.41, 5.74) is 4.33. The van der Waals surface area contributed by atoms with Gasteiger partial charge in [0.05, 0.1) is 35.6 Å². The Morgan fingerprint density at radius 1 is 0.947 bits per heavy atom. The van der Waals surface area contributed by atoms with E-state index < -0.39 is 0 Å². The van der Waals surface area contributed by atoms with Gasteiger partial charge in [0.25, 0.3) is 5.91 Å². The highest BCUT2D eigenvalue weighted by atomic mass is 32.1. The normalized spacial score (nSPS) is 13.3. The first kappa shape index (κ1) is 25.9. The number of para-hydroxylation sites is 1. The Hall–Kier alpha value is -3.71. The van der Waals surface area contributed by atoms with Crippen LogP contribution < -0.4 is 10.1 Å². The lowest BCUT2D eigenvalue weighted by atomic mass is 9.96. The first-order chi connectivity index (χ1) is 18.6. The molecule has 5 rings (SSSR count). The molecule has 196 valence electrons. The number of carbonyl (C=O) groups is 2. The summed E-state index contributed by atoms with van der Waals surface area (Å²) >= 11 is 1.51. The van der Waals surface area contributed by atoms with Crippen molar-refractivity contribution >= 4 is 39.1 Å². The number of thiophene rings is 1. The number of hydrogen-bond acceptors (Lipinski definition) is 6. The number of esters is 1. The summed E-state index contributed by atoms with van der Waals surface area (Å²) in [4.78, 5) is 32.9. The summed E-state index contributed by atoms with van der Waals surface area (Å²) < 4.78 is 11.1. The van der Waals surface area contributed by atoms with Crippen LogP contribution in [0.4, 0.5) is 5.00 Å². The number of nitrogens with one attached hydrogen (secondary N) is 1. The van der Waals surface area contributed by atoms with Crippen LogP contribution in [0.3, 0.4) is 0 Å². The maximum absolute atomic E-state index is 13.9. The molecule has 0 atom stereocenters. The van der Waals surface area contributed by atoms with Gasteiger partial charge in [0.1, 0.15) is 10.8 Å². The topological polar surface area (TPSA) is 77.5 Å². The average Bonchev–Trinajstić information content (AvgIpc) is 3.24. The highest BCUT2D eigenvalue weighted by molar-refractivity contribution is 7.17. The minimum atomic E-state index is -0.367. The van der Waals surface area contributed by atoms with Crippen LogP contribution in [0.5, 0.6) is 5.75 Å². The Morgan fingerprint density at radius 3 is 2.58 bits per heavy atom. The monoisotopic (exact) mass is 528 g/mol. The quantitative estimate of drug-likeness (QED) is 0.252. The van der Waals surface area contributed by atoms with Gasteiger partial charge in [0, 0.05) is 15.8 Å². The Morgan fingerprint density at radius 2 is 1.76 bits per heavy atom. The number of aryl methyl sites for hydroxylation is 1. The van der Waals surface area contributed by atoms with Gasteiger partial charge >= 0.3 is 5.97 Å². The van der Waals surface area contributed by atoms with Gasteiger partial charge in [-0.15, -0.1) is 11.3 Å². The number of hydrogen-bond donors (Lipinski definition) is 1.